The number of rotatable bonds is 2. The number of aromatic nitrogens is 1. The molecule has 0 radical (unpaired) electrons. The maximum absolute atomic E-state index is 12.0. The van der Waals surface area contributed by atoms with E-state index in [1.165, 1.54) is 18.3 Å². The highest BCUT2D eigenvalue weighted by molar-refractivity contribution is 6.34. The van der Waals surface area contributed by atoms with Crippen molar-refractivity contribution in [1.82, 2.24) is 4.98 Å². The lowest BCUT2D eigenvalue weighted by atomic mass is 10.2. The van der Waals surface area contributed by atoms with Gasteiger partial charge in [0.1, 0.15) is 11.8 Å². The van der Waals surface area contributed by atoms with E-state index in [9.17, 15) is 4.79 Å². The molecule has 1 amide bonds. The second-order valence-corrected chi connectivity index (χ2v) is 4.14. The van der Waals surface area contributed by atoms with E-state index in [2.05, 4.69) is 10.3 Å². The van der Waals surface area contributed by atoms with Crippen LogP contribution in [0.25, 0.3) is 0 Å². The highest BCUT2D eigenvalue weighted by Gasteiger charge is 2.11. The Morgan fingerprint density at radius 1 is 1.37 bits per heavy atom. The van der Waals surface area contributed by atoms with E-state index in [-0.39, 0.29) is 17.2 Å². The number of benzene rings is 1. The average Bonchev–Trinajstić information content (AvgIpc) is 2.42. The quantitative estimate of drug-likeness (QED) is 0.821. The molecule has 1 heterocycles. The zero-order chi connectivity index (χ0) is 13.8. The van der Waals surface area contributed by atoms with Crippen LogP contribution in [-0.4, -0.2) is 10.9 Å². The molecule has 6 heteroatoms. The Morgan fingerprint density at radius 3 is 2.79 bits per heavy atom. The molecule has 2 rings (SSSR count). The maximum atomic E-state index is 12.0. The van der Waals surface area contributed by atoms with E-state index in [0.717, 1.165) is 0 Å². The molecular formula is C13H9ClN4O. The molecule has 0 fully saturated rings. The first-order valence-corrected chi connectivity index (χ1v) is 5.70. The van der Waals surface area contributed by atoms with Crippen LogP contribution in [0, 0.1) is 11.3 Å². The van der Waals surface area contributed by atoms with Gasteiger partial charge in [0.05, 0.1) is 22.5 Å². The molecule has 2 aromatic rings. The highest BCUT2D eigenvalue weighted by Crippen LogP contribution is 2.20. The minimum atomic E-state index is -0.385. The minimum Gasteiger partial charge on any atom is -0.399 e. The van der Waals surface area contributed by atoms with Gasteiger partial charge in [-0.15, -0.1) is 0 Å². The standard InChI is InChI=1S/C13H9ClN4O/c14-12-4-1-8(16)5-11(12)13(19)18-10-3-2-9(6-15)17-7-10/h1-5,7H,16H2,(H,18,19). The fourth-order valence-electron chi connectivity index (χ4n) is 1.45. The van der Waals surface area contributed by atoms with Crippen LogP contribution in [0.2, 0.25) is 5.02 Å². The van der Waals surface area contributed by atoms with Gasteiger partial charge in [0, 0.05) is 5.69 Å². The Balaban J connectivity index is 2.21. The van der Waals surface area contributed by atoms with Crippen molar-refractivity contribution in [2.45, 2.75) is 0 Å². The number of nitrogens with one attached hydrogen (secondary N) is 1. The lowest BCUT2D eigenvalue weighted by molar-refractivity contribution is 0.102. The molecule has 0 unspecified atom stereocenters. The van der Waals surface area contributed by atoms with Crippen LogP contribution < -0.4 is 11.1 Å². The van der Waals surface area contributed by atoms with Crippen molar-refractivity contribution in [3.05, 3.63) is 52.8 Å². The number of carbonyl (C=O) groups excluding carboxylic acids is 1. The van der Waals surface area contributed by atoms with Gasteiger partial charge in [-0.05, 0) is 30.3 Å². The SMILES string of the molecule is N#Cc1ccc(NC(=O)c2cc(N)ccc2Cl)cn1. The van der Waals surface area contributed by atoms with E-state index in [1.807, 2.05) is 6.07 Å². The number of pyridine rings is 1. The number of carbonyl (C=O) groups is 1. The average molecular weight is 273 g/mol. The summed E-state index contributed by atoms with van der Waals surface area (Å²) in [6, 6.07) is 9.66. The Morgan fingerprint density at radius 2 is 2.16 bits per heavy atom. The van der Waals surface area contributed by atoms with Crippen LogP contribution in [-0.2, 0) is 0 Å². The zero-order valence-electron chi connectivity index (χ0n) is 9.72. The van der Waals surface area contributed by atoms with Crippen LogP contribution in [0.3, 0.4) is 0 Å². The molecule has 0 aliphatic rings. The summed E-state index contributed by atoms with van der Waals surface area (Å²) >= 11 is 5.93. The normalized spacial score (nSPS) is 9.68. The van der Waals surface area contributed by atoms with Gasteiger partial charge < -0.3 is 11.1 Å². The molecule has 19 heavy (non-hydrogen) atoms. The summed E-state index contributed by atoms with van der Waals surface area (Å²) in [4.78, 5) is 15.8. The fourth-order valence-corrected chi connectivity index (χ4v) is 1.65. The van der Waals surface area contributed by atoms with E-state index < -0.39 is 0 Å². The number of nitrogens with zero attached hydrogens (tertiary/aromatic N) is 2. The topological polar surface area (TPSA) is 91.8 Å². The molecule has 1 aromatic heterocycles. The van der Waals surface area contributed by atoms with Gasteiger partial charge in [0.25, 0.3) is 5.91 Å². The van der Waals surface area contributed by atoms with Gasteiger partial charge in [-0.2, -0.15) is 5.26 Å². The van der Waals surface area contributed by atoms with Gasteiger partial charge in [-0.25, -0.2) is 4.98 Å². The van der Waals surface area contributed by atoms with Crippen molar-refractivity contribution in [3.63, 3.8) is 0 Å². The third-order valence-electron chi connectivity index (χ3n) is 2.37. The summed E-state index contributed by atoms with van der Waals surface area (Å²) in [5.41, 5.74) is 7.10. The molecule has 0 atom stereocenters. The van der Waals surface area contributed by atoms with E-state index >= 15 is 0 Å². The molecule has 0 saturated carbocycles. The molecule has 1 aromatic carbocycles. The summed E-state index contributed by atoms with van der Waals surface area (Å²) in [7, 11) is 0. The lowest BCUT2D eigenvalue weighted by Crippen LogP contribution is -2.13. The van der Waals surface area contributed by atoms with E-state index in [1.54, 1.807) is 18.2 Å². The summed E-state index contributed by atoms with van der Waals surface area (Å²) in [5.74, 6) is -0.385. The van der Waals surface area contributed by atoms with Crippen LogP contribution in [0.15, 0.2) is 36.5 Å². The number of hydrogen-bond acceptors (Lipinski definition) is 4. The number of anilines is 2. The van der Waals surface area contributed by atoms with Gasteiger partial charge in [0.15, 0.2) is 0 Å². The van der Waals surface area contributed by atoms with Crippen molar-refractivity contribution in [2.75, 3.05) is 11.1 Å². The van der Waals surface area contributed by atoms with Crippen LogP contribution in [0.4, 0.5) is 11.4 Å². The Hall–Kier alpha value is -2.58. The Labute approximate surface area is 114 Å². The molecular weight excluding hydrogens is 264 g/mol. The smallest absolute Gasteiger partial charge is 0.257 e. The van der Waals surface area contributed by atoms with Gasteiger partial charge in [-0.3, -0.25) is 4.79 Å². The predicted molar refractivity (Wildman–Crippen MR) is 72.8 cm³/mol. The molecule has 94 valence electrons. The molecule has 3 N–H and O–H groups in total. The first kappa shape index (κ1) is 12.9. The number of hydrogen-bond donors (Lipinski definition) is 2. The monoisotopic (exact) mass is 272 g/mol. The van der Waals surface area contributed by atoms with Crippen molar-refractivity contribution < 1.29 is 4.79 Å². The second kappa shape index (κ2) is 5.38. The molecule has 0 saturated heterocycles. The summed E-state index contributed by atoms with van der Waals surface area (Å²) in [6.45, 7) is 0. The van der Waals surface area contributed by atoms with Crippen LogP contribution in [0.1, 0.15) is 16.1 Å². The molecule has 0 aliphatic heterocycles. The van der Waals surface area contributed by atoms with E-state index in [4.69, 9.17) is 22.6 Å². The number of nitrogen functional groups attached to an aromatic ring is 1. The summed E-state index contributed by atoms with van der Waals surface area (Å²) < 4.78 is 0. The molecule has 0 bridgehead atoms. The highest BCUT2D eigenvalue weighted by atomic mass is 35.5. The first-order valence-electron chi connectivity index (χ1n) is 5.32. The molecule has 0 spiro atoms. The number of amides is 1. The minimum absolute atomic E-state index is 0.278. The van der Waals surface area contributed by atoms with Crippen molar-refractivity contribution >= 4 is 28.9 Å². The zero-order valence-corrected chi connectivity index (χ0v) is 10.5. The summed E-state index contributed by atoms with van der Waals surface area (Å²) in [5, 5.41) is 11.6. The number of halogens is 1. The van der Waals surface area contributed by atoms with Crippen molar-refractivity contribution in [1.29, 1.82) is 5.26 Å². The third-order valence-corrected chi connectivity index (χ3v) is 2.70. The molecule has 0 aliphatic carbocycles. The molecule has 5 nitrogen and oxygen atoms in total. The predicted octanol–water partition coefficient (Wildman–Crippen LogP) is 2.44. The van der Waals surface area contributed by atoms with Gasteiger partial charge >= 0.3 is 0 Å². The largest absolute Gasteiger partial charge is 0.399 e. The van der Waals surface area contributed by atoms with E-state index in [0.29, 0.717) is 16.4 Å². The van der Waals surface area contributed by atoms with Gasteiger partial charge in [0.2, 0.25) is 0 Å². The fraction of sp³-hybridized carbons (Fsp3) is 0. The lowest BCUT2D eigenvalue weighted by Gasteiger charge is -2.07. The summed E-state index contributed by atoms with van der Waals surface area (Å²) in [6.07, 6.45) is 1.40. The number of nitriles is 1. The third kappa shape index (κ3) is 3.00. The van der Waals surface area contributed by atoms with Crippen molar-refractivity contribution in [3.8, 4) is 6.07 Å². The van der Waals surface area contributed by atoms with Crippen LogP contribution in [0.5, 0.6) is 0 Å². The van der Waals surface area contributed by atoms with Crippen molar-refractivity contribution in [2.24, 2.45) is 0 Å². The Bertz CT molecular complexity index is 661. The second-order valence-electron chi connectivity index (χ2n) is 3.74. The van der Waals surface area contributed by atoms with Gasteiger partial charge in [-0.1, -0.05) is 11.6 Å². The first-order chi connectivity index (χ1) is 9.10. The van der Waals surface area contributed by atoms with Crippen LogP contribution >= 0.6 is 11.6 Å². The number of nitrogens with two attached hydrogens (primary N) is 1. The Kier molecular flexibility index (Phi) is 3.64. The maximum Gasteiger partial charge on any atom is 0.257 e.